The zero-order valence-electron chi connectivity index (χ0n) is 5.04. The van der Waals surface area contributed by atoms with Crippen LogP contribution in [0.1, 0.15) is 6.92 Å². The molecular weight excluding hydrogens is 104 g/mol. The first-order valence-corrected chi connectivity index (χ1v) is 2.89. The first-order valence-electron chi connectivity index (χ1n) is 2.89. The van der Waals surface area contributed by atoms with Gasteiger partial charge in [0.1, 0.15) is 0 Å². The molecule has 0 saturated carbocycles. The van der Waals surface area contributed by atoms with Gasteiger partial charge in [0.15, 0.2) is 0 Å². The van der Waals surface area contributed by atoms with Crippen LogP contribution in [0.5, 0.6) is 0 Å². The molecule has 0 aromatic heterocycles. The van der Waals surface area contributed by atoms with E-state index >= 15 is 0 Å². The molecule has 1 atom stereocenters. The lowest BCUT2D eigenvalue weighted by Crippen LogP contribution is -2.44. The number of hydrogen-bond acceptors (Lipinski definition) is 2. The van der Waals surface area contributed by atoms with E-state index in [9.17, 15) is 0 Å². The third-order valence-electron chi connectivity index (χ3n) is 1.39. The lowest BCUT2D eigenvalue weighted by Gasteiger charge is -2.26. The highest BCUT2D eigenvalue weighted by Gasteiger charge is 2.14. The first-order chi connectivity index (χ1) is 3.80. The van der Waals surface area contributed by atoms with Crippen molar-refractivity contribution in [1.82, 2.24) is 10.4 Å². The van der Waals surface area contributed by atoms with Crippen molar-refractivity contribution >= 4 is 0 Å². The summed E-state index contributed by atoms with van der Waals surface area (Å²) in [4.78, 5) is 0. The fourth-order valence-electron chi connectivity index (χ4n) is 0.766. The van der Waals surface area contributed by atoms with Crippen molar-refractivity contribution in [3.63, 3.8) is 0 Å². The lowest BCUT2D eigenvalue weighted by atomic mass is 10.3. The Bertz CT molecular complexity index is 66.8. The molecule has 0 spiro atoms. The predicted octanol–water partition coefficient (Wildman–Crippen LogP) is -0.316. The molecule has 0 bridgehead atoms. The number of hydrogen-bond donors (Lipinski definition) is 1. The van der Waals surface area contributed by atoms with E-state index < -0.39 is 0 Å². The summed E-state index contributed by atoms with van der Waals surface area (Å²) in [6.45, 7) is 4.21. The van der Waals surface area contributed by atoms with Crippen LogP contribution in [0, 0.1) is 0 Å². The van der Waals surface area contributed by atoms with Gasteiger partial charge in [0, 0.05) is 25.7 Å². The summed E-state index contributed by atoms with van der Waals surface area (Å²) in [5.74, 6) is 0. The molecule has 3 nitrogen and oxygen atoms in total. The number of piperazine rings is 1. The van der Waals surface area contributed by atoms with Gasteiger partial charge in [-0.3, -0.25) is 0 Å². The molecule has 0 aromatic carbocycles. The lowest BCUT2D eigenvalue weighted by molar-refractivity contribution is -0.130. The van der Waals surface area contributed by atoms with Crippen LogP contribution >= 0.6 is 0 Å². The van der Waals surface area contributed by atoms with Gasteiger partial charge < -0.3 is 5.21 Å². The number of nitrogens with zero attached hydrogens (tertiary/aromatic N) is 2. The van der Waals surface area contributed by atoms with Crippen molar-refractivity contribution in [1.29, 1.82) is 0 Å². The molecule has 0 aliphatic carbocycles. The molecule has 1 aliphatic rings. The minimum absolute atomic E-state index is 0.226. The number of hydroxylamine groups is 2. The quantitative estimate of drug-likeness (QED) is 0.470. The Morgan fingerprint density at radius 3 is 2.88 bits per heavy atom. The van der Waals surface area contributed by atoms with Crippen molar-refractivity contribution in [3.8, 4) is 0 Å². The maximum atomic E-state index is 8.95. The highest BCUT2D eigenvalue weighted by molar-refractivity contribution is 4.68. The van der Waals surface area contributed by atoms with Crippen LogP contribution in [0.4, 0.5) is 0 Å². The third-order valence-corrected chi connectivity index (χ3v) is 1.39. The van der Waals surface area contributed by atoms with E-state index in [0.717, 1.165) is 13.1 Å². The minimum atomic E-state index is 0.226. The van der Waals surface area contributed by atoms with Crippen molar-refractivity contribution in [3.05, 3.63) is 0 Å². The Labute approximate surface area is 49.3 Å². The normalized spacial score (nSPS) is 33.0. The van der Waals surface area contributed by atoms with Crippen LogP contribution in [0.3, 0.4) is 0 Å². The highest BCUT2D eigenvalue weighted by Crippen LogP contribution is 1.96. The maximum Gasteiger partial charge on any atom is 0.0463 e. The zero-order valence-corrected chi connectivity index (χ0v) is 5.04. The van der Waals surface area contributed by atoms with E-state index in [1.807, 2.05) is 6.92 Å². The van der Waals surface area contributed by atoms with Gasteiger partial charge in [-0.15, -0.1) is 0 Å². The van der Waals surface area contributed by atoms with Crippen molar-refractivity contribution in [2.75, 3.05) is 19.6 Å². The first kappa shape index (κ1) is 6.01. The summed E-state index contributed by atoms with van der Waals surface area (Å²) >= 11 is 0. The SMILES string of the molecule is CC1C[N]CCN1O. The van der Waals surface area contributed by atoms with Crippen LogP contribution < -0.4 is 5.32 Å². The van der Waals surface area contributed by atoms with Gasteiger partial charge in [0.25, 0.3) is 0 Å². The molecule has 8 heavy (non-hydrogen) atoms. The average Bonchev–Trinajstić information content (AvgIpc) is 1.77. The van der Waals surface area contributed by atoms with Crippen LogP contribution in [0.25, 0.3) is 0 Å². The summed E-state index contributed by atoms with van der Waals surface area (Å²) in [7, 11) is 0. The van der Waals surface area contributed by atoms with Gasteiger partial charge in [0.2, 0.25) is 0 Å². The van der Waals surface area contributed by atoms with Gasteiger partial charge >= 0.3 is 0 Å². The summed E-state index contributed by atoms with van der Waals surface area (Å²) in [6, 6.07) is 0.226. The monoisotopic (exact) mass is 115 g/mol. The highest BCUT2D eigenvalue weighted by atomic mass is 16.5. The van der Waals surface area contributed by atoms with E-state index in [0.29, 0.717) is 6.54 Å². The molecule has 1 unspecified atom stereocenters. The zero-order chi connectivity index (χ0) is 5.98. The second-order valence-corrected chi connectivity index (χ2v) is 2.14. The molecular formula is C5H11N2O. The van der Waals surface area contributed by atoms with Crippen molar-refractivity contribution < 1.29 is 5.21 Å². The largest absolute Gasteiger partial charge is 0.314 e. The molecule has 1 rings (SSSR count). The van der Waals surface area contributed by atoms with Crippen LogP contribution in [0.2, 0.25) is 0 Å². The Hall–Kier alpha value is -0.120. The van der Waals surface area contributed by atoms with Crippen LogP contribution in [-0.4, -0.2) is 35.9 Å². The summed E-state index contributed by atoms with van der Waals surface area (Å²) in [6.07, 6.45) is 0. The predicted molar refractivity (Wildman–Crippen MR) is 29.8 cm³/mol. The van der Waals surface area contributed by atoms with Crippen molar-refractivity contribution in [2.45, 2.75) is 13.0 Å². The van der Waals surface area contributed by atoms with E-state index in [4.69, 9.17) is 5.21 Å². The molecule has 1 aliphatic heterocycles. The smallest absolute Gasteiger partial charge is 0.0463 e. The standard InChI is InChI=1S/C5H11N2O/c1-5-4-6-2-3-7(5)8/h5,8H,2-4H2,1H3. The Balaban J connectivity index is 2.28. The molecule has 1 saturated heterocycles. The van der Waals surface area contributed by atoms with Crippen LogP contribution in [0.15, 0.2) is 0 Å². The van der Waals surface area contributed by atoms with Gasteiger partial charge in [-0.25, -0.2) is 5.32 Å². The maximum absolute atomic E-state index is 8.95. The Morgan fingerprint density at radius 1 is 1.75 bits per heavy atom. The Kier molecular flexibility index (Phi) is 1.83. The van der Waals surface area contributed by atoms with Gasteiger partial charge in [-0.2, -0.15) is 5.06 Å². The van der Waals surface area contributed by atoms with E-state index in [2.05, 4.69) is 5.32 Å². The summed E-state index contributed by atoms with van der Waals surface area (Å²) in [5.41, 5.74) is 0. The van der Waals surface area contributed by atoms with E-state index in [1.165, 1.54) is 5.06 Å². The fraction of sp³-hybridized carbons (Fsp3) is 1.00. The molecule has 1 radical (unpaired) electrons. The van der Waals surface area contributed by atoms with Crippen LogP contribution in [-0.2, 0) is 0 Å². The molecule has 47 valence electrons. The topological polar surface area (TPSA) is 37.6 Å². The van der Waals surface area contributed by atoms with E-state index in [1.54, 1.807) is 0 Å². The molecule has 1 heterocycles. The summed E-state index contributed by atoms with van der Waals surface area (Å²) < 4.78 is 0. The molecule has 1 N–H and O–H groups in total. The second kappa shape index (κ2) is 2.44. The molecule has 0 aromatic rings. The summed E-state index contributed by atoms with van der Waals surface area (Å²) in [5, 5.41) is 14.4. The number of rotatable bonds is 0. The molecule has 0 amide bonds. The second-order valence-electron chi connectivity index (χ2n) is 2.14. The average molecular weight is 115 g/mol. The third kappa shape index (κ3) is 1.18. The Morgan fingerprint density at radius 2 is 2.50 bits per heavy atom. The van der Waals surface area contributed by atoms with Gasteiger partial charge in [-0.1, -0.05) is 0 Å². The van der Waals surface area contributed by atoms with Crippen molar-refractivity contribution in [2.24, 2.45) is 0 Å². The van der Waals surface area contributed by atoms with E-state index in [-0.39, 0.29) is 6.04 Å². The van der Waals surface area contributed by atoms with Gasteiger partial charge in [0.05, 0.1) is 0 Å². The molecule has 1 fully saturated rings. The minimum Gasteiger partial charge on any atom is -0.314 e. The van der Waals surface area contributed by atoms with Gasteiger partial charge in [-0.05, 0) is 6.92 Å². The molecule has 3 heteroatoms. The fourth-order valence-corrected chi connectivity index (χ4v) is 0.766.